The molecule has 19 heavy (non-hydrogen) atoms. The van der Waals surface area contributed by atoms with Gasteiger partial charge in [0.1, 0.15) is 5.69 Å². The van der Waals surface area contributed by atoms with Crippen molar-refractivity contribution in [2.24, 2.45) is 0 Å². The summed E-state index contributed by atoms with van der Waals surface area (Å²) >= 11 is 3.57. The number of aryl methyl sites for hydroxylation is 1. The molecule has 1 heterocycles. The summed E-state index contributed by atoms with van der Waals surface area (Å²) < 4.78 is 2.91. The number of hydrogen-bond donors (Lipinski definition) is 1. The van der Waals surface area contributed by atoms with Gasteiger partial charge in [0.15, 0.2) is 0 Å². The zero-order valence-corrected chi connectivity index (χ0v) is 13.3. The van der Waals surface area contributed by atoms with Crippen molar-refractivity contribution in [1.82, 2.24) is 20.3 Å². The molecule has 1 aromatic carbocycles. The van der Waals surface area contributed by atoms with Crippen molar-refractivity contribution in [1.29, 1.82) is 0 Å². The highest BCUT2D eigenvalue weighted by Gasteiger charge is 2.16. The fourth-order valence-electron chi connectivity index (χ4n) is 2.16. The molecule has 2 rings (SSSR count). The second-order valence-corrected chi connectivity index (χ2v) is 5.56. The zero-order valence-electron chi connectivity index (χ0n) is 11.7. The van der Waals surface area contributed by atoms with Crippen LogP contribution >= 0.6 is 15.9 Å². The van der Waals surface area contributed by atoms with Crippen molar-refractivity contribution in [2.45, 2.75) is 33.7 Å². The van der Waals surface area contributed by atoms with E-state index in [0.717, 1.165) is 28.1 Å². The van der Waals surface area contributed by atoms with Gasteiger partial charge in [-0.25, -0.2) is 4.68 Å². The molecule has 1 aromatic heterocycles. The lowest BCUT2D eigenvalue weighted by Crippen LogP contribution is -2.19. The number of nitrogens with one attached hydrogen (secondary N) is 1. The summed E-state index contributed by atoms with van der Waals surface area (Å²) in [5.74, 6) is 0. The molecule has 1 N–H and O–H groups in total. The molecule has 0 saturated carbocycles. The molecule has 0 spiro atoms. The second-order valence-electron chi connectivity index (χ2n) is 4.71. The van der Waals surface area contributed by atoms with E-state index in [1.54, 1.807) is 0 Å². The number of halogens is 1. The summed E-state index contributed by atoms with van der Waals surface area (Å²) in [7, 11) is 0. The van der Waals surface area contributed by atoms with E-state index >= 15 is 0 Å². The third-order valence-corrected chi connectivity index (χ3v) is 3.85. The summed E-state index contributed by atoms with van der Waals surface area (Å²) in [6.07, 6.45) is 0. The van der Waals surface area contributed by atoms with Gasteiger partial charge < -0.3 is 5.32 Å². The highest BCUT2D eigenvalue weighted by Crippen LogP contribution is 2.24. The fraction of sp³-hybridized carbons (Fsp3) is 0.429. The van der Waals surface area contributed by atoms with E-state index in [4.69, 9.17) is 0 Å². The first-order valence-corrected chi connectivity index (χ1v) is 7.26. The topological polar surface area (TPSA) is 42.7 Å². The summed E-state index contributed by atoms with van der Waals surface area (Å²) in [5, 5.41) is 12.0. The van der Waals surface area contributed by atoms with Crippen LogP contribution in [-0.4, -0.2) is 21.5 Å². The summed E-state index contributed by atoms with van der Waals surface area (Å²) in [5.41, 5.74) is 4.30. The Bertz CT molecular complexity index is 577. The minimum Gasteiger partial charge on any atom is -0.309 e. The largest absolute Gasteiger partial charge is 0.309 e. The van der Waals surface area contributed by atoms with E-state index in [1.807, 2.05) is 10.7 Å². The maximum Gasteiger partial charge on any atom is 0.103 e. The monoisotopic (exact) mass is 322 g/mol. The minimum atomic E-state index is 0.210. The Balaban J connectivity index is 2.44. The van der Waals surface area contributed by atoms with Crippen molar-refractivity contribution in [3.05, 3.63) is 39.6 Å². The highest BCUT2D eigenvalue weighted by atomic mass is 79.9. The highest BCUT2D eigenvalue weighted by molar-refractivity contribution is 9.10. The molecule has 5 heteroatoms. The Morgan fingerprint density at radius 3 is 2.79 bits per heavy atom. The molecule has 0 aliphatic heterocycles. The molecule has 0 bridgehead atoms. The van der Waals surface area contributed by atoms with Crippen LogP contribution in [0.5, 0.6) is 0 Å². The van der Waals surface area contributed by atoms with Crippen LogP contribution in [0.1, 0.15) is 36.8 Å². The summed E-state index contributed by atoms with van der Waals surface area (Å²) in [4.78, 5) is 0. The van der Waals surface area contributed by atoms with E-state index in [2.05, 4.69) is 71.4 Å². The minimum absolute atomic E-state index is 0.210. The van der Waals surface area contributed by atoms with Gasteiger partial charge in [-0.15, -0.1) is 5.10 Å². The smallest absolute Gasteiger partial charge is 0.103 e. The lowest BCUT2D eigenvalue weighted by molar-refractivity contribution is 0.579. The second kappa shape index (κ2) is 5.84. The number of aromatic nitrogens is 3. The first-order valence-electron chi connectivity index (χ1n) is 6.46. The summed E-state index contributed by atoms with van der Waals surface area (Å²) in [6, 6.07) is 6.43. The van der Waals surface area contributed by atoms with Crippen molar-refractivity contribution >= 4 is 15.9 Å². The predicted octanol–water partition coefficient (Wildman–Crippen LogP) is 3.32. The number of rotatable bonds is 4. The third kappa shape index (κ3) is 2.87. The first kappa shape index (κ1) is 14.2. The molecule has 0 amide bonds. The zero-order chi connectivity index (χ0) is 14.0. The van der Waals surface area contributed by atoms with Crippen LogP contribution in [0.3, 0.4) is 0 Å². The van der Waals surface area contributed by atoms with Crippen LogP contribution in [0.4, 0.5) is 0 Å². The fourth-order valence-corrected chi connectivity index (χ4v) is 2.57. The number of benzene rings is 1. The third-order valence-electron chi connectivity index (χ3n) is 3.18. The van der Waals surface area contributed by atoms with Crippen molar-refractivity contribution in [2.75, 3.05) is 6.54 Å². The van der Waals surface area contributed by atoms with Crippen LogP contribution in [0.2, 0.25) is 0 Å². The lowest BCUT2D eigenvalue weighted by Gasteiger charge is -2.11. The van der Waals surface area contributed by atoms with Gasteiger partial charge in [0.25, 0.3) is 0 Å². The van der Waals surface area contributed by atoms with Crippen LogP contribution in [-0.2, 0) is 0 Å². The van der Waals surface area contributed by atoms with Gasteiger partial charge in [0, 0.05) is 4.47 Å². The molecule has 0 saturated heterocycles. The van der Waals surface area contributed by atoms with Crippen LogP contribution < -0.4 is 5.32 Å². The van der Waals surface area contributed by atoms with E-state index in [1.165, 1.54) is 5.56 Å². The quantitative estimate of drug-likeness (QED) is 0.939. The molecular weight excluding hydrogens is 304 g/mol. The normalized spacial score (nSPS) is 12.7. The standard InChI is InChI=1S/C14H19BrN4/c1-5-16-10(3)14-11(4)19(18-17-14)13-8-9(2)6-7-12(13)15/h6-8,10,16H,5H2,1-4H3. The van der Waals surface area contributed by atoms with Gasteiger partial charge in [-0.1, -0.05) is 18.2 Å². The molecule has 4 nitrogen and oxygen atoms in total. The summed E-state index contributed by atoms with van der Waals surface area (Å²) in [6.45, 7) is 9.24. The molecule has 0 aliphatic carbocycles. The Morgan fingerprint density at radius 2 is 2.11 bits per heavy atom. The van der Waals surface area contributed by atoms with Crippen molar-refractivity contribution < 1.29 is 0 Å². The van der Waals surface area contributed by atoms with Crippen molar-refractivity contribution in [3.8, 4) is 5.69 Å². The first-order chi connectivity index (χ1) is 9.04. The van der Waals surface area contributed by atoms with E-state index < -0.39 is 0 Å². The molecule has 102 valence electrons. The molecule has 0 aliphatic rings. The Morgan fingerprint density at radius 1 is 1.37 bits per heavy atom. The molecule has 0 fully saturated rings. The Labute approximate surface area is 122 Å². The van der Waals surface area contributed by atoms with Gasteiger partial charge in [-0.2, -0.15) is 0 Å². The van der Waals surface area contributed by atoms with E-state index in [-0.39, 0.29) is 6.04 Å². The van der Waals surface area contributed by atoms with Gasteiger partial charge in [0.05, 0.1) is 17.4 Å². The average molecular weight is 323 g/mol. The molecule has 0 radical (unpaired) electrons. The van der Waals surface area contributed by atoms with Gasteiger partial charge >= 0.3 is 0 Å². The maximum atomic E-state index is 4.31. The SMILES string of the molecule is CCNC(C)c1nnn(-c2cc(C)ccc2Br)c1C. The molecule has 1 atom stereocenters. The van der Waals surface area contributed by atoms with E-state index in [9.17, 15) is 0 Å². The van der Waals surface area contributed by atoms with Gasteiger partial charge in [0.2, 0.25) is 0 Å². The van der Waals surface area contributed by atoms with Crippen LogP contribution in [0, 0.1) is 13.8 Å². The van der Waals surface area contributed by atoms with Gasteiger partial charge in [-0.3, -0.25) is 0 Å². The number of hydrogen-bond acceptors (Lipinski definition) is 3. The molecule has 1 unspecified atom stereocenters. The predicted molar refractivity (Wildman–Crippen MR) is 80.6 cm³/mol. The Kier molecular flexibility index (Phi) is 4.37. The van der Waals surface area contributed by atoms with Gasteiger partial charge in [-0.05, 0) is 60.9 Å². The number of nitrogens with zero attached hydrogens (tertiary/aromatic N) is 3. The Hall–Kier alpha value is -1.20. The molecule has 2 aromatic rings. The molecular formula is C14H19BrN4. The van der Waals surface area contributed by atoms with E-state index in [0.29, 0.717) is 0 Å². The van der Waals surface area contributed by atoms with Crippen LogP contribution in [0.25, 0.3) is 5.69 Å². The van der Waals surface area contributed by atoms with Crippen molar-refractivity contribution in [3.63, 3.8) is 0 Å². The van der Waals surface area contributed by atoms with Crippen LogP contribution in [0.15, 0.2) is 22.7 Å². The maximum absolute atomic E-state index is 4.31. The average Bonchev–Trinajstić information content (AvgIpc) is 2.74. The lowest BCUT2D eigenvalue weighted by atomic mass is 10.2.